The van der Waals surface area contributed by atoms with Gasteiger partial charge >= 0.3 is 0 Å². The Labute approximate surface area is 85.6 Å². The van der Waals surface area contributed by atoms with Crippen molar-refractivity contribution in [2.45, 2.75) is 32.2 Å². The lowest BCUT2D eigenvalue weighted by molar-refractivity contribution is 0.0728. The molecule has 78 valence electrons. The van der Waals surface area contributed by atoms with E-state index in [2.05, 4.69) is 13.8 Å². The fourth-order valence-corrected chi connectivity index (χ4v) is 2.71. The van der Waals surface area contributed by atoms with Crippen LogP contribution in [0.3, 0.4) is 0 Å². The van der Waals surface area contributed by atoms with Gasteiger partial charge in [0.05, 0.1) is 0 Å². The molecule has 1 aliphatic rings. The first-order valence-corrected chi connectivity index (χ1v) is 6.18. The van der Waals surface area contributed by atoms with Crippen molar-refractivity contribution in [1.82, 2.24) is 0 Å². The third kappa shape index (κ3) is 5.55. The molecule has 1 aliphatic heterocycles. The highest BCUT2D eigenvalue weighted by molar-refractivity contribution is 7.99. The molecular weight excluding hydrogens is 182 g/mol. The first kappa shape index (κ1) is 11.3. The maximum Gasteiger partial charge on any atom is 0.0468 e. The fraction of sp³-hybridized carbons (Fsp3) is 1.00. The molecule has 0 aromatic rings. The number of hydrogen-bond acceptors (Lipinski definition) is 3. The molecular formula is C10H21NOS. The predicted octanol–water partition coefficient (Wildman–Crippen LogP) is 1.88. The van der Waals surface area contributed by atoms with Gasteiger partial charge in [-0.2, -0.15) is 11.8 Å². The lowest BCUT2D eigenvalue weighted by Gasteiger charge is -2.23. The molecule has 1 heterocycles. The van der Waals surface area contributed by atoms with Gasteiger partial charge in [-0.05, 0) is 38.4 Å². The normalized spacial score (nSPS) is 20.5. The summed E-state index contributed by atoms with van der Waals surface area (Å²) in [6.45, 7) is 6.09. The van der Waals surface area contributed by atoms with E-state index in [1.54, 1.807) is 0 Å². The molecule has 0 spiro atoms. The molecule has 0 amide bonds. The van der Waals surface area contributed by atoms with Gasteiger partial charge in [-0.25, -0.2) is 0 Å². The van der Waals surface area contributed by atoms with Crippen LogP contribution >= 0.6 is 11.8 Å². The molecule has 0 bridgehead atoms. The van der Waals surface area contributed by atoms with E-state index in [1.807, 2.05) is 11.8 Å². The second kappa shape index (κ2) is 5.23. The molecule has 0 aromatic heterocycles. The molecule has 2 N–H and O–H groups in total. The van der Waals surface area contributed by atoms with E-state index < -0.39 is 0 Å². The van der Waals surface area contributed by atoms with Gasteiger partial charge in [-0.15, -0.1) is 0 Å². The largest absolute Gasteiger partial charge is 0.381 e. The van der Waals surface area contributed by atoms with Crippen molar-refractivity contribution in [3.8, 4) is 0 Å². The maximum absolute atomic E-state index is 5.91. The quantitative estimate of drug-likeness (QED) is 0.758. The van der Waals surface area contributed by atoms with Crippen molar-refractivity contribution in [1.29, 1.82) is 0 Å². The zero-order valence-corrected chi connectivity index (χ0v) is 9.53. The smallest absolute Gasteiger partial charge is 0.0468 e. The zero-order valence-electron chi connectivity index (χ0n) is 8.71. The predicted molar refractivity (Wildman–Crippen MR) is 59.1 cm³/mol. The third-order valence-electron chi connectivity index (χ3n) is 2.17. The Balaban J connectivity index is 2.04. The number of thioether (sulfide) groups is 1. The molecule has 1 saturated heterocycles. The molecule has 0 atom stereocenters. The highest BCUT2D eigenvalue weighted by Gasteiger charge is 2.16. The van der Waals surface area contributed by atoms with Crippen molar-refractivity contribution >= 4 is 11.8 Å². The SMILES string of the molecule is CC(C)(N)CSCC1CCOCC1. The molecule has 1 fully saturated rings. The summed E-state index contributed by atoms with van der Waals surface area (Å²) in [5, 5.41) is 0. The summed E-state index contributed by atoms with van der Waals surface area (Å²) in [6.07, 6.45) is 2.47. The third-order valence-corrected chi connectivity index (χ3v) is 3.82. The minimum atomic E-state index is -0.0180. The average molecular weight is 203 g/mol. The van der Waals surface area contributed by atoms with E-state index in [-0.39, 0.29) is 5.54 Å². The van der Waals surface area contributed by atoms with Crippen LogP contribution in [0.4, 0.5) is 0 Å². The van der Waals surface area contributed by atoms with Crippen molar-refractivity contribution in [3.05, 3.63) is 0 Å². The summed E-state index contributed by atoms with van der Waals surface area (Å²) >= 11 is 1.99. The summed E-state index contributed by atoms with van der Waals surface area (Å²) in [4.78, 5) is 0. The standard InChI is InChI=1S/C10H21NOS/c1-10(2,11)8-13-7-9-3-5-12-6-4-9/h9H,3-8,11H2,1-2H3. The lowest BCUT2D eigenvalue weighted by Crippen LogP contribution is -2.35. The molecule has 0 unspecified atom stereocenters. The van der Waals surface area contributed by atoms with E-state index in [1.165, 1.54) is 18.6 Å². The first-order chi connectivity index (χ1) is 6.08. The van der Waals surface area contributed by atoms with Gasteiger partial charge in [0, 0.05) is 24.5 Å². The molecule has 0 radical (unpaired) electrons. The Bertz CT molecular complexity index is 138. The summed E-state index contributed by atoms with van der Waals surface area (Å²) in [6, 6.07) is 0. The van der Waals surface area contributed by atoms with Crippen molar-refractivity contribution in [2.24, 2.45) is 11.7 Å². The Morgan fingerprint density at radius 1 is 1.38 bits per heavy atom. The highest BCUT2D eigenvalue weighted by atomic mass is 32.2. The minimum Gasteiger partial charge on any atom is -0.381 e. The Morgan fingerprint density at radius 3 is 2.54 bits per heavy atom. The van der Waals surface area contributed by atoms with Crippen LogP contribution in [0.15, 0.2) is 0 Å². The van der Waals surface area contributed by atoms with E-state index >= 15 is 0 Å². The van der Waals surface area contributed by atoms with Crippen LogP contribution in [-0.4, -0.2) is 30.3 Å². The minimum absolute atomic E-state index is 0.0180. The van der Waals surface area contributed by atoms with Gasteiger partial charge in [0.2, 0.25) is 0 Å². The van der Waals surface area contributed by atoms with Gasteiger partial charge in [-0.1, -0.05) is 0 Å². The molecule has 1 rings (SSSR count). The topological polar surface area (TPSA) is 35.2 Å². The summed E-state index contributed by atoms with van der Waals surface area (Å²) in [5.41, 5.74) is 5.89. The Hall–Kier alpha value is 0.270. The Kier molecular flexibility index (Phi) is 4.56. The van der Waals surface area contributed by atoms with Crippen LogP contribution in [0.5, 0.6) is 0 Å². The molecule has 2 nitrogen and oxygen atoms in total. The van der Waals surface area contributed by atoms with Crippen LogP contribution in [0, 0.1) is 5.92 Å². The molecule has 0 aromatic carbocycles. The first-order valence-electron chi connectivity index (χ1n) is 5.02. The number of nitrogens with two attached hydrogens (primary N) is 1. The number of hydrogen-bond donors (Lipinski definition) is 1. The monoisotopic (exact) mass is 203 g/mol. The van der Waals surface area contributed by atoms with Gasteiger partial charge in [-0.3, -0.25) is 0 Å². The van der Waals surface area contributed by atoms with E-state index in [0.717, 1.165) is 24.9 Å². The van der Waals surface area contributed by atoms with Gasteiger partial charge in [0.1, 0.15) is 0 Å². The second-order valence-electron chi connectivity index (χ2n) is 4.56. The van der Waals surface area contributed by atoms with Crippen LogP contribution in [-0.2, 0) is 4.74 Å². The number of ether oxygens (including phenoxy) is 1. The highest BCUT2D eigenvalue weighted by Crippen LogP contribution is 2.21. The molecule has 3 heteroatoms. The zero-order chi connectivity index (χ0) is 9.73. The van der Waals surface area contributed by atoms with Crippen LogP contribution in [0.25, 0.3) is 0 Å². The van der Waals surface area contributed by atoms with Crippen molar-refractivity contribution < 1.29 is 4.74 Å². The second-order valence-corrected chi connectivity index (χ2v) is 5.59. The van der Waals surface area contributed by atoms with Gasteiger partial charge in [0.15, 0.2) is 0 Å². The van der Waals surface area contributed by atoms with Crippen LogP contribution < -0.4 is 5.73 Å². The Morgan fingerprint density at radius 2 is 2.00 bits per heavy atom. The average Bonchev–Trinajstić information content (AvgIpc) is 2.04. The lowest BCUT2D eigenvalue weighted by atomic mass is 10.0. The summed E-state index contributed by atoms with van der Waals surface area (Å²) in [7, 11) is 0. The van der Waals surface area contributed by atoms with Gasteiger partial charge < -0.3 is 10.5 Å². The summed E-state index contributed by atoms with van der Waals surface area (Å²) < 4.78 is 5.31. The van der Waals surface area contributed by atoms with Gasteiger partial charge in [0.25, 0.3) is 0 Å². The molecule has 0 aliphatic carbocycles. The maximum atomic E-state index is 5.91. The van der Waals surface area contributed by atoms with Crippen LogP contribution in [0.2, 0.25) is 0 Å². The van der Waals surface area contributed by atoms with Crippen molar-refractivity contribution in [3.63, 3.8) is 0 Å². The van der Waals surface area contributed by atoms with Crippen LogP contribution in [0.1, 0.15) is 26.7 Å². The van der Waals surface area contributed by atoms with E-state index in [0.29, 0.717) is 0 Å². The van der Waals surface area contributed by atoms with Crippen molar-refractivity contribution in [2.75, 3.05) is 24.7 Å². The van der Waals surface area contributed by atoms with E-state index in [9.17, 15) is 0 Å². The summed E-state index contributed by atoms with van der Waals surface area (Å²) in [5.74, 6) is 3.18. The van der Waals surface area contributed by atoms with E-state index in [4.69, 9.17) is 10.5 Å². The molecule has 0 saturated carbocycles. The fourth-order valence-electron chi connectivity index (χ4n) is 1.40. The number of rotatable bonds is 4. The molecule has 13 heavy (non-hydrogen) atoms.